The summed E-state index contributed by atoms with van der Waals surface area (Å²) < 4.78 is 7.80. The molecule has 5 nitrogen and oxygen atoms in total. The predicted octanol–water partition coefficient (Wildman–Crippen LogP) is 4.01. The molecule has 0 unspecified atom stereocenters. The lowest BCUT2D eigenvalue weighted by molar-refractivity contribution is 0.341. The monoisotopic (exact) mass is 310 g/mol. The van der Waals surface area contributed by atoms with Crippen LogP contribution in [0.2, 0.25) is 0 Å². The van der Waals surface area contributed by atoms with Gasteiger partial charge in [-0.2, -0.15) is 0 Å². The molecule has 23 heavy (non-hydrogen) atoms. The fourth-order valence-corrected chi connectivity index (χ4v) is 2.51. The van der Waals surface area contributed by atoms with E-state index in [9.17, 15) is 0 Å². The molecule has 0 saturated carbocycles. The van der Waals surface area contributed by atoms with Gasteiger partial charge in [-0.15, -0.1) is 0 Å². The quantitative estimate of drug-likeness (QED) is 0.791. The standard InChI is InChI=1S/C18H22N4O/c1-5-23-14-9-7-6-8-13(14)16-17(21-18(2,3)4)22-11-10-19-12-15(22)20-16/h6-12,21H,5H2,1-4H3. The number of nitrogens with one attached hydrogen (secondary N) is 1. The van der Waals surface area contributed by atoms with E-state index in [1.54, 1.807) is 12.4 Å². The number of benzene rings is 1. The minimum absolute atomic E-state index is 0.0887. The van der Waals surface area contributed by atoms with Crippen molar-refractivity contribution in [2.45, 2.75) is 33.2 Å². The van der Waals surface area contributed by atoms with E-state index < -0.39 is 0 Å². The molecule has 0 atom stereocenters. The SMILES string of the molecule is CCOc1ccccc1-c1nc2cnccn2c1NC(C)(C)C. The van der Waals surface area contributed by atoms with E-state index in [1.807, 2.05) is 41.8 Å². The summed E-state index contributed by atoms with van der Waals surface area (Å²) in [6.45, 7) is 9.00. The van der Waals surface area contributed by atoms with Gasteiger partial charge >= 0.3 is 0 Å². The molecule has 3 rings (SSSR count). The van der Waals surface area contributed by atoms with Gasteiger partial charge < -0.3 is 10.1 Å². The normalized spacial score (nSPS) is 11.7. The van der Waals surface area contributed by atoms with Crippen molar-refractivity contribution in [2.24, 2.45) is 0 Å². The van der Waals surface area contributed by atoms with Crippen LogP contribution in [-0.2, 0) is 0 Å². The maximum atomic E-state index is 5.78. The Kier molecular flexibility index (Phi) is 3.94. The van der Waals surface area contributed by atoms with Crippen molar-refractivity contribution >= 4 is 11.5 Å². The summed E-state index contributed by atoms with van der Waals surface area (Å²) in [5.74, 6) is 1.78. The summed E-state index contributed by atoms with van der Waals surface area (Å²) in [6.07, 6.45) is 5.45. The van der Waals surface area contributed by atoms with Crippen LogP contribution in [0.4, 0.5) is 5.82 Å². The minimum Gasteiger partial charge on any atom is -0.493 e. The van der Waals surface area contributed by atoms with E-state index in [2.05, 4.69) is 31.1 Å². The molecular weight excluding hydrogens is 288 g/mol. The number of fused-ring (bicyclic) bond motifs is 1. The second-order valence-corrected chi connectivity index (χ2v) is 6.42. The molecule has 5 heteroatoms. The summed E-state index contributed by atoms with van der Waals surface area (Å²) >= 11 is 0. The maximum Gasteiger partial charge on any atom is 0.157 e. The molecule has 0 spiro atoms. The van der Waals surface area contributed by atoms with E-state index in [0.29, 0.717) is 6.61 Å². The Morgan fingerprint density at radius 1 is 1.22 bits per heavy atom. The van der Waals surface area contributed by atoms with Crippen LogP contribution >= 0.6 is 0 Å². The second kappa shape index (κ2) is 5.91. The van der Waals surface area contributed by atoms with Gasteiger partial charge in [-0.05, 0) is 39.8 Å². The number of ether oxygens (including phenoxy) is 1. The van der Waals surface area contributed by atoms with Crippen LogP contribution in [0.5, 0.6) is 5.75 Å². The third-order valence-corrected chi connectivity index (χ3v) is 3.37. The Morgan fingerprint density at radius 3 is 2.74 bits per heavy atom. The zero-order valence-electron chi connectivity index (χ0n) is 14.0. The number of para-hydroxylation sites is 1. The molecule has 120 valence electrons. The topological polar surface area (TPSA) is 51.5 Å². The number of anilines is 1. The Balaban J connectivity index is 2.23. The Hall–Kier alpha value is -2.56. The van der Waals surface area contributed by atoms with Crippen molar-refractivity contribution in [3.8, 4) is 17.0 Å². The van der Waals surface area contributed by atoms with Crippen LogP contribution in [0.15, 0.2) is 42.9 Å². The Labute approximate surface area is 136 Å². The van der Waals surface area contributed by atoms with Crippen molar-refractivity contribution in [3.63, 3.8) is 0 Å². The molecule has 2 heterocycles. The van der Waals surface area contributed by atoms with Crippen LogP contribution in [0.1, 0.15) is 27.7 Å². The van der Waals surface area contributed by atoms with Crippen molar-refractivity contribution < 1.29 is 4.74 Å². The van der Waals surface area contributed by atoms with E-state index in [-0.39, 0.29) is 5.54 Å². The first-order chi connectivity index (χ1) is 11.0. The number of nitrogens with zero attached hydrogens (tertiary/aromatic N) is 3. The highest BCUT2D eigenvalue weighted by Crippen LogP contribution is 2.36. The number of hydrogen-bond donors (Lipinski definition) is 1. The van der Waals surface area contributed by atoms with Crippen molar-refractivity contribution in [3.05, 3.63) is 42.9 Å². The molecule has 0 aliphatic rings. The molecule has 0 fully saturated rings. The highest BCUT2D eigenvalue weighted by atomic mass is 16.5. The van der Waals surface area contributed by atoms with E-state index in [1.165, 1.54) is 0 Å². The summed E-state index contributed by atoms with van der Waals surface area (Å²) in [5.41, 5.74) is 2.57. The molecule has 0 aliphatic carbocycles. The van der Waals surface area contributed by atoms with E-state index >= 15 is 0 Å². The fraction of sp³-hybridized carbons (Fsp3) is 0.333. The van der Waals surface area contributed by atoms with Gasteiger partial charge in [0.25, 0.3) is 0 Å². The van der Waals surface area contributed by atoms with E-state index in [4.69, 9.17) is 9.72 Å². The Morgan fingerprint density at radius 2 is 2.00 bits per heavy atom. The van der Waals surface area contributed by atoms with Crippen molar-refractivity contribution in [1.29, 1.82) is 0 Å². The Bertz CT molecular complexity index is 817. The fourth-order valence-electron chi connectivity index (χ4n) is 2.51. The largest absolute Gasteiger partial charge is 0.493 e. The average molecular weight is 310 g/mol. The summed E-state index contributed by atoms with van der Waals surface area (Å²) in [4.78, 5) is 8.94. The minimum atomic E-state index is -0.0887. The number of aromatic nitrogens is 3. The zero-order chi connectivity index (χ0) is 16.4. The van der Waals surface area contributed by atoms with Gasteiger partial charge in [-0.25, -0.2) is 4.98 Å². The third-order valence-electron chi connectivity index (χ3n) is 3.37. The number of imidazole rings is 1. The van der Waals surface area contributed by atoms with Crippen LogP contribution in [-0.4, -0.2) is 26.5 Å². The molecule has 3 aromatic rings. The zero-order valence-corrected chi connectivity index (χ0v) is 14.0. The third kappa shape index (κ3) is 3.13. The second-order valence-electron chi connectivity index (χ2n) is 6.42. The number of hydrogen-bond acceptors (Lipinski definition) is 4. The van der Waals surface area contributed by atoms with Gasteiger partial charge in [0.2, 0.25) is 0 Å². The van der Waals surface area contributed by atoms with Crippen molar-refractivity contribution in [2.75, 3.05) is 11.9 Å². The average Bonchev–Trinajstić information content (AvgIpc) is 2.85. The molecule has 1 N–H and O–H groups in total. The smallest absolute Gasteiger partial charge is 0.157 e. The molecule has 0 bridgehead atoms. The molecule has 0 amide bonds. The molecule has 0 aliphatic heterocycles. The first kappa shape index (κ1) is 15.3. The van der Waals surface area contributed by atoms with Gasteiger partial charge in [0.1, 0.15) is 17.3 Å². The van der Waals surface area contributed by atoms with Gasteiger partial charge in [0.15, 0.2) is 5.65 Å². The lowest BCUT2D eigenvalue weighted by atomic mass is 10.1. The van der Waals surface area contributed by atoms with Crippen LogP contribution in [0.3, 0.4) is 0 Å². The first-order valence-corrected chi connectivity index (χ1v) is 7.82. The summed E-state index contributed by atoms with van der Waals surface area (Å²) in [6, 6.07) is 7.99. The molecular formula is C18H22N4O. The van der Waals surface area contributed by atoms with Gasteiger partial charge in [-0.3, -0.25) is 9.38 Å². The molecule has 0 radical (unpaired) electrons. The van der Waals surface area contributed by atoms with Gasteiger partial charge in [0.05, 0.1) is 12.8 Å². The highest BCUT2D eigenvalue weighted by Gasteiger charge is 2.21. The lowest BCUT2D eigenvalue weighted by Crippen LogP contribution is -2.27. The van der Waals surface area contributed by atoms with Crippen LogP contribution in [0.25, 0.3) is 16.9 Å². The highest BCUT2D eigenvalue weighted by molar-refractivity contribution is 5.80. The molecule has 0 saturated heterocycles. The van der Waals surface area contributed by atoms with E-state index in [0.717, 1.165) is 28.5 Å². The summed E-state index contributed by atoms with van der Waals surface area (Å²) in [5, 5.41) is 3.56. The van der Waals surface area contributed by atoms with Crippen LogP contribution in [0, 0.1) is 0 Å². The maximum absolute atomic E-state index is 5.78. The summed E-state index contributed by atoms with van der Waals surface area (Å²) in [7, 11) is 0. The predicted molar refractivity (Wildman–Crippen MR) is 93.0 cm³/mol. The van der Waals surface area contributed by atoms with Crippen molar-refractivity contribution in [1.82, 2.24) is 14.4 Å². The molecule has 2 aromatic heterocycles. The number of rotatable bonds is 4. The van der Waals surface area contributed by atoms with Gasteiger partial charge in [-0.1, -0.05) is 12.1 Å². The van der Waals surface area contributed by atoms with Crippen LogP contribution < -0.4 is 10.1 Å². The molecule has 1 aromatic carbocycles. The lowest BCUT2D eigenvalue weighted by Gasteiger charge is -2.23. The van der Waals surface area contributed by atoms with Gasteiger partial charge in [0, 0.05) is 23.5 Å². The first-order valence-electron chi connectivity index (χ1n) is 7.82.